The van der Waals surface area contributed by atoms with E-state index < -0.39 is 18.3 Å². The van der Waals surface area contributed by atoms with E-state index in [1.165, 1.54) is 4.90 Å². The van der Waals surface area contributed by atoms with Crippen molar-refractivity contribution in [2.45, 2.75) is 66.2 Å². The Balaban J connectivity index is 0.00000400. The molecule has 1 aromatic rings. The van der Waals surface area contributed by atoms with Gasteiger partial charge in [-0.2, -0.15) is 13.2 Å². The van der Waals surface area contributed by atoms with Gasteiger partial charge >= 0.3 is 6.18 Å². The van der Waals surface area contributed by atoms with Crippen molar-refractivity contribution in [1.82, 2.24) is 4.90 Å². The van der Waals surface area contributed by atoms with Crippen LogP contribution in [0.4, 0.5) is 13.2 Å². The minimum absolute atomic E-state index is 0. The summed E-state index contributed by atoms with van der Waals surface area (Å²) in [7, 11) is 0. The van der Waals surface area contributed by atoms with E-state index in [4.69, 9.17) is 0 Å². The maximum absolute atomic E-state index is 12.7. The molecule has 1 rings (SSSR count). The van der Waals surface area contributed by atoms with Crippen LogP contribution in [0.3, 0.4) is 0 Å². The molecule has 0 aliphatic rings. The quantitative estimate of drug-likeness (QED) is 0.736. The topological polar surface area (TPSA) is 3.24 Å². The van der Waals surface area contributed by atoms with Crippen LogP contribution < -0.4 is 0 Å². The van der Waals surface area contributed by atoms with E-state index in [9.17, 15) is 13.2 Å². The van der Waals surface area contributed by atoms with Gasteiger partial charge in [0.15, 0.2) is 0 Å². The number of nitrogens with zero attached hydrogens (tertiary/aromatic N) is 1. The highest BCUT2D eigenvalue weighted by atomic mass is 19.4. The van der Waals surface area contributed by atoms with Crippen LogP contribution in [0.2, 0.25) is 0 Å². The third-order valence-electron chi connectivity index (χ3n) is 3.40. The molecule has 0 fully saturated rings. The summed E-state index contributed by atoms with van der Waals surface area (Å²) < 4.78 is 38.2. The standard InChI is InChI=1S/C16H24F3N.CH4/c1-12-6-8-14(9-7-12)10-13(2)20(15(3,4)5)11-16(17,18)19;/h6-9,13H,10-11H2,1-5H3;1H4. The fourth-order valence-electron chi connectivity index (χ4n) is 2.42. The smallest absolute Gasteiger partial charge is 0.287 e. The maximum Gasteiger partial charge on any atom is 0.401 e. The molecule has 122 valence electrons. The first-order chi connectivity index (χ1) is 8.99. The zero-order valence-electron chi connectivity index (χ0n) is 12.9. The van der Waals surface area contributed by atoms with Gasteiger partial charge in [0.05, 0.1) is 6.54 Å². The lowest BCUT2D eigenvalue weighted by atomic mass is 9.98. The van der Waals surface area contributed by atoms with Gasteiger partial charge in [-0.25, -0.2) is 0 Å². The lowest BCUT2D eigenvalue weighted by Gasteiger charge is -2.40. The van der Waals surface area contributed by atoms with Gasteiger partial charge in [-0.15, -0.1) is 0 Å². The van der Waals surface area contributed by atoms with Crippen LogP contribution in [0.1, 0.15) is 46.2 Å². The first-order valence-electron chi connectivity index (χ1n) is 6.88. The predicted octanol–water partition coefficient (Wildman–Crippen LogP) is 5.22. The SMILES string of the molecule is C.Cc1ccc(CC(C)N(CC(F)(F)F)C(C)(C)C)cc1. The highest BCUT2D eigenvalue weighted by Gasteiger charge is 2.37. The molecule has 0 aliphatic heterocycles. The fraction of sp³-hybridized carbons (Fsp3) is 0.647. The van der Waals surface area contributed by atoms with E-state index in [-0.39, 0.29) is 13.5 Å². The summed E-state index contributed by atoms with van der Waals surface area (Å²) in [4.78, 5) is 1.52. The van der Waals surface area contributed by atoms with Crippen molar-refractivity contribution in [3.8, 4) is 0 Å². The largest absolute Gasteiger partial charge is 0.401 e. The summed E-state index contributed by atoms with van der Waals surface area (Å²) in [5.41, 5.74) is 1.71. The van der Waals surface area contributed by atoms with E-state index >= 15 is 0 Å². The van der Waals surface area contributed by atoms with Crippen LogP contribution >= 0.6 is 0 Å². The third kappa shape index (κ3) is 6.98. The molecule has 0 saturated carbocycles. The maximum atomic E-state index is 12.7. The first kappa shape index (κ1) is 20.0. The number of aryl methyl sites for hydroxylation is 1. The number of rotatable bonds is 4. The highest BCUT2D eigenvalue weighted by molar-refractivity contribution is 5.22. The van der Waals surface area contributed by atoms with Crippen LogP contribution in [-0.4, -0.2) is 29.2 Å². The number of hydrogen-bond acceptors (Lipinski definition) is 1. The van der Waals surface area contributed by atoms with Gasteiger partial charge in [0, 0.05) is 11.6 Å². The zero-order chi connectivity index (χ0) is 15.6. The second-order valence-electron chi connectivity index (χ2n) is 6.45. The monoisotopic (exact) mass is 303 g/mol. The van der Waals surface area contributed by atoms with Crippen molar-refractivity contribution in [3.63, 3.8) is 0 Å². The highest BCUT2D eigenvalue weighted by Crippen LogP contribution is 2.26. The minimum Gasteiger partial charge on any atom is -0.287 e. The Labute approximate surface area is 127 Å². The van der Waals surface area contributed by atoms with Crippen LogP contribution in [-0.2, 0) is 6.42 Å². The van der Waals surface area contributed by atoms with E-state index in [1.54, 1.807) is 0 Å². The van der Waals surface area contributed by atoms with Crippen LogP contribution in [0.15, 0.2) is 24.3 Å². The molecule has 0 amide bonds. The Morgan fingerprint density at radius 2 is 1.52 bits per heavy atom. The van der Waals surface area contributed by atoms with Gasteiger partial charge in [0.1, 0.15) is 0 Å². The summed E-state index contributed by atoms with van der Waals surface area (Å²) in [6.45, 7) is 8.46. The molecule has 4 heteroatoms. The van der Waals surface area contributed by atoms with E-state index in [1.807, 2.05) is 58.9 Å². The molecule has 0 aromatic heterocycles. The summed E-state index contributed by atoms with van der Waals surface area (Å²) in [6, 6.07) is 7.79. The molecule has 21 heavy (non-hydrogen) atoms. The number of benzene rings is 1. The number of hydrogen-bond donors (Lipinski definition) is 0. The first-order valence-corrected chi connectivity index (χ1v) is 6.88. The zero-order valence-corrected chi connectivity index (χ0v) is 12.9. The van der Waals surface area contributed by atoms with Gasteiger partial charge in [0.25, 0.3) is 0 Å². The molecule has 0 N–H and O–H groups in total. The molecule has 0 aliphatic carbocycles. The molecule has 0 saturated heterocycles. The molecular weight excluding hydrogens is 275 g/mol. The van der Waals surface area contributed by atoms with E-state index in [0.29, 0.717) is 6.42 Å². The molecule has 1 atom stereocenters. The van der Waals surface area contributed by atoms with Crippen molar-refractivity contribution >= 4 is 0 Å². The Morgan fingerprint density at radius 1 is 1.05 bits per heavy atom. The average Bonchev–Trinajstić information content (AvgIpc) is 2.26. The number of alkyl halides is 3. The molecule has 0 heterocycles. The predicted molar refractivity (Wildman–Crippen MR) is 83.6 cm³/mol. The van der Waals surface area contributed by atoms with Crippen molar-refractivity contribution < 1.29 is 13.2 Å². The van der Waals surface area contributed by atoms with Crippen molar-refractivity contribution in [1.29, 1.82) is 0 Å². The van der Waals surface area contributed by atoms with Crippen LogP contribution in [0.25, 0.3) is 0 Å². The third-order valence-corrected chi connectivity index (χ3v) is 3.40. The number of halogens is 3. The molecule has 0 spiro atoms. The second kappa shape index (κ2) is 7.30. The van der Waals surface area contributed by atoms with Gasteiger partial charge in [-0.3, -0.25) is 4.90 Å². The van der Waals surface area contributed by atoms with Crippen LogP contribution in [0.5, 0.6) is 0 Å². The summed E-state index contributed by atoms with van der Waals surface area (Å²) in [5, 5.41) is 0. The van der Waals surface area contributed by atoms with Crippen molar-refractivity contribution in [2.24, 2.45) is 0 Å². The molecule has 0 bridgehead atoms. The fourth-order valence-corrected chi connectivity index (χ4v) is 2.42. The van der Waals surface area contributed by atoms with Crippen molar-refractivity contribution in [2.75, 3.05) is 6.54 Å². The Hall–Kier alpha value is -1.03. The summed E-state index contributed by atoms with van der Waals surface area (Å²) in [6.07, 6.45) is -3.55. The molecule has 1 unspecified atom stereocenters. The van der Waals surface area contributed by atoms with Crippen molar-refractivity contribution in [3.05, 3.63) is 35.4 Å². The Kier molecular flexibility index (Phi) is 6.94. The van der Waals surface area contributed by atoms with Gasteiger partial charge in [-0.05, 0) is 46.6 Å². The molecule has 1 nitrogen and oxygen atoms in total. The Morgan fingerprint density at radius 3 is 1.90 bits per heavy atom. The van der Waals surface area contributed by atoms with Gasteiger partial charge < -0.3 is 0 Å². The second-order valence-corrected chi connectivity index (χ2v) is 6.45. The normalized spacial score (nSPS) is 14.0. The Bertz CT molecular complexity index is 415. The van der Waals surface area contributed by atoms with Gasteiger partial charge in [0.2, 0.25) is 0 Å². The summed E-state index contributed by atoms with van der Waals surface area (Å²) >= 11 is 0. The molecule has 0 radical (unpaired) electrons. The van der Waals surface area contributed by atoms with Gasteiger partial charge in [-0.1, -0.05) is 37.3 Å². The summed E-state index contributed by atoms with van der Waals surface area (Å²) in [5.74, 6) is 0. The molecular formula is C17H28F3N. The minimum atomic E-state index is -4.17. The van der Waals surface area contributed by atoms with Crippen LogP contribution in [0, 0.1) is 6.92 Å². The van der Waals surface area contributed by atoms with E-state index in [0.717, 1.165) is 11.1 Å². The average molecular weight is 303 g/mol. The lowest BCUT2D eigenvalue weighted by molar-refractivity contribution is -0.162. The van der Waals surface area contributed by atoms with E-state index in [2.05, 4.69) is 0 Å². The molecule has 1 aromatic carbocycles. The lowest BCUT2D eigenvalue weighted by Crippen LogP contribution is -2.51.